The number of aliphatic imine (C=N–C) groups is 1. The summed E-state index contributed by atoms with van der Waals surface area (Å²) in [5.74, 6) is 2.81. The maximum atomic E-state index is 4.05. The number of thioether (sulfide) groups is 1. The minimum atomic E-state index is 0. The summed E-state index contributed by atoms with van der Waals surface area (Å²) in [7, 11) is 0. The molecule has 11 heavy (non-hydrogen) atoms. The van der Waals surface area contributed by atoms with E-state index in [1.807, 2.05) is 5.41 Å². The molecule has 0 amide bonds. The second-order valence-corrected chi connectivity index (χ2v) is 2.92. The molecule has 0 unspecified atom stereocenters. The van der Waals surface area contributed by atoms with E-state index in [4.69, 9.17) is 0 Å². The molecule has 0 atom stereocenters. The van der Waals surface area contributed by atoms with Crippen LogP contribution in [0.25, 0.3) is 0 Å². The van der Waals surface area contributed by atoms with Gasteiger partial charge in [0.15, 0.2) is 5.37 Å². The Morgan fingerprint density at radius 2 is 2.36 bits per heavy atom. The number of hydrogen-bond donors (Lipinski definition) is 0. The molecule has 1 nitrogen and oxygen atoms in total. The topological polar surface area (TPSA) is 12.4 Å². The Balaban J connectivity index is 0. The van der Waals surface area contributed by atoms with Gasteiger partial charge in [-0.15, -0.1) is 0 Å². The van der Waals surface area contributed by atoms with Crippen molar-refractivity contribution in [1.82, 2.24) is 0 Å². The first-order chi connectivity index (χ1) is 4.43. The third kappa shape index (κ3) is 5.93. The van der Waals surface area contributed by atoms with E-state index < -0.39 is 0 Å². The van der Waals surface area contributed by atoms with Crippen molar-refractivity contribution >= 4 is 17.6 Å². The van der Waals surface area contributed by atoms with E-state index in [-0.39, 0.29) is 31.9 Å². The van der Waals surface area contributed by atoms with Gasteiger partial charge in [-0.3, -0.25) is 0 Å². The Morgan fingerprint density at radius 3 is 2.82 bits per heavy atom. The van der Waals surface area contributed by atoms with Gasteiger partial charge in [0.25, 0.3) is 0 Å². The van der Waals surface area contributed by atoms with Crippen molar-refractivity contribution in [3.63, 3.8) is 0 Å². The summed E-state index contributed by atoms with van der Waals surface area (Å²) in [6.45, 7) is 2.19. The van der Waals surface area contributed by atoms with Crippen LogP contribution < -0.4 is 12.4 Å². The van der Waals surface area contributed by atoms with Gasteiger partial charge in [0.1, 0.15) is 0 Å². The summed E-state index contributed by atoms with van der Waals surface area (Å²) < 4.78 is 0. The molecule has 0 bridgehead atoms. The molecule has 0 aromatic heterocycles. The summed E-state index contributed by atoms with van der Waals surface area (Å²) in [4.78, 5) is 4.05. The van der Waals surface area contributed by atoms with Gasteiger partial charge in [0.05, 0.1) is 0 Å². The third-order valence-corrected chi connectivity index (χ3v) is 1.97. The predicted molar refractivity (Wildman–Crippen MR) is 42.4 cm³/mol. The van der Waals surface area contributed by atoms with Crippen LogP contribution in [0, 0.1) is 5.37 Å². The van der Waals surface area contributed by atoms with Gasteiger partial charge in [0, 0.05) is 24.9 Å². The fourth-order valence-electron chi connectivity index (χ4n) is 0.662. The molecule has 59 valence electrons. The van der Waals surface area contributed by atoms with Gasteiger partial charge in [-0.25, -0.2) is 4.99 Å². The Hall–Kier alpha value is 0.713. The fraction of sp³-hybridized carbons (Fsp3) is 0.571. The van der Waals surface area contributed by atoms with Gasteiger partial charge < -0.3 is 12.4 Å². The average molecular weight is 241 g/mol. The van der Waals surface area contributed by atoms with Crippen molar-refractivity contribution in [3.05, 3.63) is 10.8 Å². The van der Waals surface area contributed by atoms with Gasteiger partial charge in [-0.2, -0.15) is 0 Å². The summed E-state index contributed by atoms with van der Waals surface area (Å²) in [5.41, 5.74) is 0. The summed E-state index contributed by atoms with van der Waals surface area (Å²) in [6, 6.07) is 0. The summed E-state index contributed by atoms with van der Waals surface area (Å²) in [6.07, 6.45) is 3.63. The van der Waals surface area contributed by atoms with Gasteiger partial charge in [-0.05, 0) is 12.3 Å². The van der Waals surface area contributed by atoms with Crippen LogP contribution in [0.1, 0.15) is 26.2 Å². The second kappa shape index (κ2) is 8.81. The summed E-state index contributed by atoms with van der Waals surface area (Å²) in [5, 5.41) is 3.13. The third-order valence-electron chi connectivity index (χ3n) is 1.18. The minimum Gasteiger partial charge on any atom is -1.00 e. The maximum Gasteiger partial charge on any atom is 0.155 e. The van der Waals surface area contributed by atoms with Crippen LogP contribution in [0.4, 0.5) is 0 Å². The Bertz CT molecular complexity index is 145. The average Bonchev–Trinajstić information content (AvgIpc) is 2.34. The zero-order chi connectivity index (χ0) is 6.53. The van der Waals surface area contributed by atoms with Crippen LogP contribution in [0.5, 0.6) is 0 Å². The van der Waals surface area contributed by atoms with Crippen LogP contribution in [0.2, 0.25) is 0 Å². The standard InChI is InChI=1S/C7H10NS.ClH.Zn/c1-2-3-4-7-8-5-6-9-7;;/h6H,2-4H2,1H3;1H;/p-1. The van der Waals surface area contributed by atoms with Crippen LogP contribution in [-0.2, 0) is 19.5 Å². The van der Waals surface area contributed by atoms with Crippen molar-refractivity contribution in [2.24, 2.45) is 4.99 Å². The SMILES string of the molecule is CCCC[C]1N=C=CS1.[Cl-].[Zn]. The molecule has 1 radical (unpaired) electrons. The van der Waals surface area contributed by atoms with E-state index in [2.05, 4.69) is 17.8 Å². The number of hydrogen-bond acceptors (Lipinski definition) is 2. The molecule has 0 aromatic rings. The van der Waals surface area contributed by atoms with E-state index in [9.17, 15) is 0 Å². The van der Waals surface area contributed by atoms with E-state index in [1.54, 1.807) is 11.8 Å². The fourth-order valence-corrected chi connectivity index (χ4v) is 1.27. The van der Waals surface area contributed by atoms with Gasteiger partial charge in [-0.1, -0.05) is 31.5 Å². The van der Waals surface area contributed by atoms with E-state index in [1.165, 1.54) is 18.2 Å². The zero-order valence-corrected chi connectivity index (χ0v) is 11.2. The second-order valence-electron chi connectivity index (χ2n) is 1.97. The first-order valence-electron chi connectivity index (χ1n) is 3.24. The molecule has 4 heteroatoms. The van der Waals surface area contributed by atoms with Crippen molar-refractivity contribution in [2.75, 3.05) is 0 Å². The van der Waals surface area contributed by atoms with Crippen molar-refractivity contribution in [3.8, 4) is 0 Å². The molecule has 0 fully saturated rings. The van der Waals surface area contributed by atoms with Gasteiger partial charge in [0.2, 0.25) is 0 Å². The number of rotatable bonds is 3. The first-order valence-corrected chi connectivity index (χ1v) is 4.12. The number of nitrogens with zero attached hydrogens (tertiary/aromatic N) is 1. The van der Waals surface area contributed by atoms with Crippen molar-refractivity contribution < 1.29 is 31.9 Å². The number of unbranched alkanes of at least 4 members (excludes halogenated alkanes) is 1. The monoisotopic (exact) mass is 239 g/mol. The zero-order valence-electron chi connectivity index (χ0n) is 6.64. The molecule has 0 saturated carbocycles. The van der Waals surface area contributed by atoms with Crippen LogP contribution >= 0.6 is 11.8 Å². The van der Waals surface area contributed by atoms with Crippen LogP contribution in [-0.4, -0.2) is 5.87 Å². The first kappa shape index (κ1) is 14.2. The van der Waals surface area contributed by atoms with Crippen LogP contribution in [0.15, 0.2) is 10.4 Å². The maximum absolute atomic E-state index is 4.05. The molecule has 0 saturated heterocycles. The molecular weight excluding hydrogens is 231 g/mol. The Morgan fingerprint density at radius 1 is 1.64 bits per heavy atom. The molecular formula is C7H10ClNSZn-. The molecule has 0 spiro atoms. The largest absolute Gasteiger partial charge is 1.00 e. The molecule has 1 heterocycles. The van der Waals surface area contributed by atoms with Crippen molar-refractivity contribution in [2.45, 2.75) is 26.2 Å². The Labute approximate surface area is 91.3 Å². The smallest absolute Gasteiger partial charge is 0.155 e. The normalized spacial score (nSPS) is 14.3. The predicted octanol–water partition coefficient (Wildman–Crippen LogP) is -0.402. The minimum absolute atomic E-state index is 0. The quantitative estimate of drug-likeness (QED) is 0.612. The van der Waals surface area contributed by atoms with E-state index in [0.29, 0.717) is 0 Å². The van der Waals surface area contributed by atoms with Gasteiger partial charge >= 0.3 is 0 Å². The van der Waals surface area contributed by atoms with Crippen LogP contribution in [0.3, 0.4) is 0 Å². The number of halogens is 1. The molecule has 0 aromatic carbocycles. The molecule has 1 aliphatic rings. The molecule has 1 aliphatic heterocycles. The van der Waals surface area contributed by atoms with Crippen molar-refractivity contribution in [1.29, 1.82) is 0 Å². The molecule has 1 rings (SSSR count). The van der Waals surface area contributed by atoms with E-state index in [0.717, 1.165) is 6.42 Å². The Kier molecular flexibility index (Phi) is 11.4. The molecule has 0 N–H and O–H groups in total. The summed E-state index contributed by atoms with van der Waals surface area (Å²) >= 11 is 1.70. The molecule has 0 aliphatic carbocycles. The van der Waals surface area contributed by atoms with E-state index >= 15 is 0 Å².